The molecule has 3 heterocycles. The number of nitrogens with one attached hydrogen (secondary N) is 2. The highest BCUT2D eigenvalue weighted by Gasteiger charge is 2.22. The zero-order valence-corrected chi connectivity index (χ0v) is 8.46. The van der Waals surface area contributed by atoms with Gasteiger partial charge in [0.25, 0.3) is 0 Å². The van der Waals surface area contributed by atoms with E-state index >= 15 is 0 Å². The van der Waals surface area contributed by atoms with Crippen molar-refractivity contribution < 1.29 is 9.90 Å². The van der Waals surface area contributed by atoms with Gasteiger partial charge in [0.2, 0.25) is 0 Å². The van der Waals surface area contributed by atoms with Crippen molar-refractivity contribution in [1.29, 1.82) is 0 Å². The number of hydrogen-bond acceptors (Lipinski definition) is 6. The summed E-state index contributed by atoms with van der Waals surface area (Å²) >= 11 is 1.01. The zero-order chi connectivity index (χ0) is 11.3. The molecule has 0 radical (unpaired) electrons. The number of aromatic amines is 1. The van der Waals surface area contributed by atoms with Crippen LogP contribution in [-0.4, -0.2) is 27.4 Å². The van der Waals surface area contributed by atoms with Crippen LogP contribution >= 0.6 is 11.3 Å². The van der Waals surface area contributed by atoms with Gasteiger partial charge in [-0.1, -0.05) is 0 Å². The maximum Gasteiger partial charge on any atom is 0.348 e. The number of aliphatic imine (C=N–C) groups is 1. The third-order valence-electron chi connectivity index (χ3n) is 2.15. The van der Waals surface area contributed by atoms with Crippen molar-refractivity contribution >= 4 is 45.4 Å². The molecule has 2 aromatic heterocycles. The summed E-state index contributed by atoms with van der Waals surface area (Å²) in [5.74, 6) is -0.751. The molecule has 0 amide bonds. The molecule has 2 aromatic rings. The predicted molar refractivity (Wildman–Crippen MR) is 59.0 cm³/mol. The summed E-state index contributed by atoms with van der Waals surface area (Å²) < 4.78 is 0. The third kappa shape index (κ3) is 1.07. The number of nitrogens with zero attached hydrogens (tertiary/aromatic N) is 2. The van der Waals surface area contributed by atoms with Crippen molar-refractivity contribution in [3.05, 3.63) is 15.4 Å². The van der Waals surface area contributed by atoms with Gasteiger partial charge in [-0.2, -0.15) is 4.98 Å². The lowest BCUT2D eigenvalue weighted by Crippen LogP contribution is -2.14. The fraction of sp³-hybridized carbons (Fsp3) is 0. The van der Waals surface area contributed by atoms with Crippen LogP contribution in [0.15, 0.2) is 9.79 Å². The van der Waals surface area contributed by atoms with E-state index in [2.05, 4.69) is 20.3 Å². The van der Waals surface area contributed by atoms with Crippen LogP contribution in [0.1, 0.15) is 9.67 Å². The van der Waals surface area contributed by atoms with Gasteiger partial charge in [-0.3, -0.25) is 0 Å². The first-order valence-corrected chi connectivity index (χ1v) is 5.07. The number of anilines is 1. The molecule has 0 aromatic carbocycles. The number of hydrogen-bond donors (Lipinski definition) is 3. The summed E-state index contributed by atoms with van der Waals surface area (Å²) in [5.41, 5.74) is -0.316. The molecule has 3 N–H and O–H groups in total. The molecule has 0 saturated carbocycles. The van der Waals surface area contributed by atoms with E-state index in [1.165, 1.54) is 6.34 Å². The molecular formula is C8H4N4O3S. The molecule has 0 spiro atoms. The maximum atomic E-state index is 11.2. The second-order valence-corrected chi connectivity index (χ2v) is 4.08. The largest absolute Gasteiger partial charge is 0.477 e. The summed E-state index contributed by atoms with van der Waals surface area (Å²) in [4.78, 5) is 32.4. The van der Waals surface area contributed by atoms with Crippen LogP contribution in [-0.2, 0) is 0 Å². The van der Waals surface area contributed by atoms with E-state index in [9.17, 15) is 9.59 Å². The summed E-state index contributed by atoms with van der Waals surface area (Å²) in [6, 6.07) is 0. The third-order valence-corrected chi connectivity index (χ3v) is 3.23. The Morgan fingerprint density at radius 3 is 3.06 bits per heavy atom. The molecule has 1 aliphatic heterocycles. The van der Waals surface area contributed by atoms with Gasteiger partial charge in [-0.15, -0.1) is 11.3 Å². The summed E-state index contributed by atoms with van der Waals surface area (Å²) in [5, 5.41) is 12.8. The van der Waals surface area contributed by atoms with Crippen molar-refractivity contribution in [2.45, 2.75) is 0 Å². The molecule has 7 nitrogen and oxygen atoms in total. The van der Waals surface area contributed by atoms with Gasteiger partial charge >= 0.3 is 11.7 Å². The predicted octanol–water partition coefficient (Wildman–Crippen LogP) is 0.768. The molecule has 0 bridgehead atoms. The number of aromatic nitrogens is 2. The SMILES string of the molecule is O=C(O)c1sc2c3c(nc(=O)[nH]c13)NC=N2. The zero-order valence-electron chi connectivity index (χ0n) is 7.64. The molecule has 0 fully saturated rings. The van der Waals surface area contributed by atoms with E-state index in [0.717, 1.165) is 11.3 Å². The summed E-state index contributed by atoms with van der Waals surface area (Å²) in [6.07, 6.45) is 1.38. The number of rotatable bonds is 1. The molecule has 8 heteroatoms. The molecule has 0 atom stereocenters. The smallest absolute Gasteiger partial charge is 0.348 e. The first-order chi connectivity index (χ1) is 7.66. The van der Waals surface area contributed by atoms with E-state index in [0.29, 0.717) is 16.2 Å². The monoisotopic (exact) mass is 236 g/mol. The Kier molecular flexibility index (Phi) is 1.63. The van der Waals surface area contributed by atoms with Gasteiger partial charge in [-0.25, -0.2) is 14.6 Å². The first-order valence-electron chi connectivity index (χ1n) is 4.26. The highest BCUT2D eigenvalue weighted by molar-refractivity contribution is 7.19. The van der Waals surface area contributed by atoms with Crippen LogP contribution in [0, 0.1) is 0 Å². The van der Waals surface area contributed by atoms with E-state index in [-0.39, 0.29) is 10.4 Å². The lowest BCUT2D eigenvalue weighted by molar-refractivity contribution is 0.0704. The quantitative estimate of drug-likeness (QED) is 0.677. The van der Waals surface area contributed by atoms with E-state index in [1.807, 2.05) is 0 Å². The lowest BCUT2D eigenvalue weighted by Gasteiger charge is -2.05. The first kappa shape index (κ1) is 9.04. The molecule has 0 saturated heterocycles. The molecule has 80 valence electrons. The summed E-state index contributed by atoms with van der Waals surface area (Å²) in [7, 11) is 0. The van der Waals surface area contributed by atoms with E-state index in [1.54, 1.807) is 0 Å². The Morgan fingerprint density at radius 1 is 1.50 bits per heavy atom. The van der Waals surface area contributed by atoms with Crippen LogP contribution in [0.3, 0.4) is 0 Å². The molecule has 0 aliphatic carbocycles. The summed E-state index contributed by atoms with van der Waals surface area (Å²) in [6.45, 7) is 0. The van der Waals surface area contributed by atoms with Gasteiger partial charge in [0, 0.05) is 0 Å². The standard InChI is InChI=1S/C8H4N4O3S/c13-7(14)4-3-2-5(12-8(15)11-3)9-1-10-6(2)16-4/h1H,(H,13,14)(H2,9,10,11,12,15). The van der Waals surface area contributed by atoms with Gasteiger partial charge in [0.1, 0.15) is 15.7 Å². The van der Waals surface area contributed by atoms with Crippen LogP contribution < -0.4 is 11.0 Å². The second-order valence-electron chi connectivity index (χ2n) is 3.08. The Hall–Kier alpha value is -2.22. The number of aromatic carboxylic acids is 1. The van der Waals surface area contributed by atoms with Crippen LogP contribution in [0.4, 0.5) is 10.8 Å². The Morgan fingerprint density at radius 2 is 2.31 bits per heavy atom. The number of thiophene rings is 1. The second kappa shape index (κ2) is 2.89. The van der Waals surface area contributed by atoms with Gasteiger partial charge in [0.05, 0.1) is 17.2 Å². The molecule has 16 heavy (non-hydrogen) atoms. The van der Waals surface area contributed by atoms with Crippen molar-refractivity contribution in [3.63, 3.8) is 0 Å². The Balaban J connectivity index is 2.54. The van der Waals surface area contributed by atoms with Gasteiger partial charge < -0.3 is 15.4 Å². The molecule has 1 aliphatic rings. The van der Waals surface area contributed by atoms with Crippen LogP contribution in [0.25, 0.3) is 10.9 Å². The fourth-order valence-corrected chi connectivity index (χ4v) is 2.49. The number of carboxylic acids is 1. The highest BCUT2D eigenvalue weighted by Crippen LogP contribution is 2.40. The van der Waals surface area contributed by atoms with E-state index < -0.39 is 11.7 Å². The molecule has 0 unspecified atom stereocenters. The molecular weight excluding hydrogens is 232 g/mol. The van der Waals surface area contributed by atoms with E-state index in [4.69, 9.17) is 5.11 Å². The van der Waals surface area contributed by atoms with Crippen molar-refractivity contribution in [2.75, 3.05) is 5.32 Å². The average Bonchev–Trinajstić information content (AvgIpc) is 2.59. The normalized spacial score (nSPS) is 12.8. The highest BCUT2D eigenvalue weighted by atomic mass is 32.1. The molecule has 3 rings (SSSR count). The van der Waals surface area contributed by atoms with Crippen molar-refractivity contribution in [1.82, 2.24) is 9.97 Å². The minimum atomic E-state index is -1.09. The lowest BCUT2D eigenvalue weighted by atomic mass is 10.3. The number of carboxylic acid groups (broad SMARTS) is 1. The average molecular weight is 236 g/mol. The van der Waals surface area contributed by atoms with Crippen molar-refractivity contribution in [2.24, 2.45) is 4.99 Å². The van der Waals surface area contributed by atoms with Gasteiger partial charge in [0.15, 0.2) is 0 Å². The number of carbonyl (C=O) groups is 1. The fourth-order valence-electron chi connectivity index (χ4n) is 1.55. The Bertz CT molecular complexity index is 699. The van der Waals surface area contributed by atoms with Crippen LogP contribution in [0.2, 0.25) is 0 Å². The maximum absolute atomic E-state index is 11.2. The topological polar surface area (TPSA) is 107 Å². The number of H-pyrrole nitrogens is 1. The van der Waals surface area contributed by atoms with Crippen LogP contribution in [0.5, 0.6) is 0 Å². The van der Waals surface area contributed by atoms with Crippen molar-refractivity contribution in [3.8, 4) is 0 Å². The Labute approximate surface area is 91.5 Å². The van der Waals surface area contributed by atoms with Gasteiger partial charge in [-0.05, 0) is 0 Å². The minimum Gasteiger partial charge on any atom is -0.477 e. The minimum absolute atomic E-state index is 0.0617.